The van der Waals surface area contributed by atoms with Crippen molar-refractivity contribution < 1.29 is 14.3 Å². The molecule has 0 aliphatic rings. The molecule has 0 bridgehead atoms. The van der Waals surface area contributed by atoms with E-state index < -0.39 is 5.97 Å². The Balaban J connectivity index is 1.68. The molecule has 0 unspecified atom stereocenters. The second-order valence-corrected chi connectivity index (χ2v) is 5.78. The van der Waals surface area contributed by atoms with Gasteiger partial charge in [-0.05, 0) is 61.4 Å². The largest absolute Gasteiger partial charge is 0.494 e. The zero-order chi connectivity index (χ0) is 18.4. The molecular weight excluding hydrogens is 326 g/mol. The van der Waals surface area contributed by atoms with Gasteiger partial charge in [-0.3, -0.25) is 4.98 Å². The van der Waals surface area contributed by atoms with Crippen LogP contribution in [-0.4, -0.2) is 17.6 Å². The molecule has 1 heterocycles. The van der Waals surface area contributed by atoms with Crippen LogP contribution in [0.4, 0.5) is 0 Å². The second kappa shape index (κ2) is 8.30. The highest BCUT2D eigenvalue weighted by molar-refractivity contribution is 5.91. The maximum absolute atomic E-state index is 12.3. The fraction of sp³-hybridized carbons (Fsp3) is 0.182. The van der Waals surface area contributed by atoms with Gasteiger partial charge in [0.25, 0.3) is 0 Å². The molecule has 0 radical (unpaired) electrons. The van der Waals surface area contributed by atoms with Crippen molar-refractivity contribution in [2.75, 3.05) is 6.61 Å². The summed E-state index contributed by atoms with van der Waals surface area (Å²) < 4.78 is 10.8. The molecule has 0 aliphatic carbocycles. The molecule has 26 heavy (non-hydrogen) atoms. The standard InChI is InChI=1S/C22H21NO3/c1-3-16-5-14-21(23-15-16)17-6-8-18(9-7-17)22(24)26-20-12-10-19(11-13-20)25-4-2/h5-15H,3-4H2,1-2H3. The van der Waals surface area contributed by atoms with Gasteiger partial charge in [0.05, 0.1) is 17.9 Å². The third-order valence-corrected chi connectivity index (χ3v) is 3.99. The van der Waals surface area contributed by atoms with Crippen LogP contribution in [0.1, 0.15) is 29.8 Å². The van der Waals surface area contributed by atoms with Crippen molar-refractivity contribution >= 4 is 5.97 Å². The molecule has 132 valence electrons. The van der Waals surface area contributed by atoms with Crippen molar-refractivity contribution in [2.45, 2.75) is 20.3 Å². The molecule has 4 nitrogen and oxygen atoms in total. The molecule has 0 saturated carbocycles. The Hall–Kier alpha value is -3.14. The number of aromatic nitrogens is 1. The quantitative estimate of drug-likeness (QED) is 0.469. The lowest BCUT2D eigenvalue weighted by Crippen LogP contribution is -2.08. The Morgan fingerprint density at radius 2 is 1.58 bits per heavy atom. The first-order valence-corrected chi connectivity index (χ1v) is 8.70. The number of carbonyl (C=O) groups excluding carboxylic acids is 1. The van der Waals surface area contributed by atoms with Crippen LogP contribution in [-0.2, 0) is 6.42 Å². The van der Waals surface area contributed by atoms with Gasteiger partial charge >= 0.3 is 5.97 Å². The minimum absolute atomic E-state index is 0.394. The maximum Gasteiger partial charge on any atom is 0.343 e. The lowest BCUT2D eigenvalue weighted by molar-refractivity contribution is 0.0734. The van der Waals surface area contributed by atoms with Crippen LogP contribution in [0, 0.1) is 0 Å². The highest BCUT2D eigenvalue weighted by Gasteiger charge is 2.09. The van der Waals surface area contributed by atoms with Crippen molar-refractivity contribution in [1.29, 1.82) is 0 Å². The zero-order valence-corrected chi connectivity index (χ0v) is 14.9. The van der Waals surface area contributed by atoms with Crippen LogP contribution in [0.2, 0.25) is 0 Å². The van der Waals surface area contributed by atoms with Crippen molar-refractivity contribution in [1.82, 2.24) is 4.98 Å². The van der Waals surface area contributed by atoms with E-state index in [1.165, 1.54) is 5.56 Å². The van der Waals surface area contributed by atoms with Gasteiger partial charge in [0.15, 0.2) is 0 Å². The Bertz CT molecular complexity index is 853. The Labute approximate surface area is 153 Å². The monoisotopic (exact) mass is 347 g/mol. The number of nitrogens with zero attached hydrogens (tertiary/aromatic N) is 1. The lowest BCUT2D eigenvalue weighted by Gasteiger charge is -2.07. The first kappa shape index (κ1) is 17.7. The third kappa shape index (κ3) is 4.28. The summed E-state index contributed by atoms with van der Waals surface area (Å²) in [4.78, 5) is 16.7. The van der Waals surface area contributed by atoms with Crippen LogP contribution in [0.5, 0.6) is 11.5 Å². The van der Waals surface area contributed by atoms with Gasteiger partial charge in [-0.15, -0.1) is 0 Å². The van der Waals surface area contributed by atoms with Crippen LogP contribution in [0.25, 0.3) is 11.3 Å². The van der Waals surface area contributed by atoms with Gasteiger partial charge in [0.2, 0.25) is 0 Å². The smallest absolute Gasteiger partial charge is 0.343 e. The Kier molecular flexibility index (Phi) is 5.64. The van der Waals surface area contributed by atoms with E-state index in [1.54, 1.807) is 36.4 Å². The molecular formula is C22H21NO3. The predicted molar refractivity (Wildman–Crippen MR) is 102 cm³/mol. The number of benzene rings is 2. The molecule has 0 N–H and O–H groups in total. The molecule has 3 rings (SSSR count). The SMILES string of the molecule is CCOc1ccc(OC(=O)c2ccc(-c3ccc(CC)cn3)cc2)cc1. The van der Waals surface area contributed by atoms with Crippen LogP contribution >= 0.6 is 0 Å². The molecule has 4 heteroatoms. The summed E-state index contributed by atoms with van der Waals surface area (Å²) in [6, 6.07) is 18.3. The van der Waals surface area contributed by atoms with Gasteiger partial charge in [-0.1, -0.05) is 25.1 Å². The molecule has 0 fully saturated rings. The lowest BCUT2D eigenvalue weighted by atomic mass is 10.1. The van der Waals surface area contributed by atoms with Crippen LogP contribution in [0.15, 0.2) is 66.9 Å². The predicted octanol–water partition coefficient (Wildman–Crippen LogP) is 4.93. The van der Waals surface area contributed by atoms with E-state index in [9.17, 15) is 4.79 Å². The van der Waals surface area contributed by atoms with Crippen LogP contribution in [0.3, 0.4) is 0 Å². The topological polar surface area (TPSA) is 48.4 Å². The Morgan fingerprint density at radius 3 is 2.15 bits per heavy atom. The first-order chi connectivity index (χ1) is 12.7. The average molecular weight is 347 g/mol. The number of esters is 1. The fourth-order valence-corrected chi connectivity index (χ4v) is 2.52. The number of hydrogen-bond acceptors (Lipinski definition) is 4. The third-order valence-electron chi connectivity index (χ3n) is 3.99. The van der Waals surface area contributed by atoms with E-state index >= 15 is 0 Å². The van der Waals surface area contributed by atoms with Gasteiger partial charge in [-0.25, -0.2) is 4.79 Å². The van der Waals surface area contributed by atoms with Crippen molar-refractivity contribution in [3.63, 3.8) is 0 Å². The molecule has 3 aromatic rings. The molecule has 0 atom stereocenters. The summed E-state index contributed by atoms with van der Waals surface area (Å²) in [6.45, 7) is 4.62. The van der Waals surface area contributed by atoms with Crippen molar-refractivity contribution in [3.8, 4) is 22.8 Å². The summed E-state index contributed by atoms with van der Waals surface area (Å²) in [5.74, 6) is 0.840. The molecule has 0 saturated heterocycles. The van der Waals surface area contributed by atoms with Crippen molar-refractivity contribution in [2.24, 2.45) is 0 Å². The molecule has 0 aliphatic heterocycles. The number of pyridine rings is 1. The summed E-state index contributed by atoms with van der Waals surface area (Å²) in [5.41, 5.74) is 3.54. The first-order valence-electron chi connectivity index (χ1n) is 8.70. The van der Waals surface area contributed by atoms with E-state index in [4.69, 9.17) is 9.47 Å². The number of hydrogen-bond donors (Lipinski definition) is 0. The normalized spacial score (nSPS) is 10.4. The molecule has 2 aromatic carbocycles. The number of carbonyl (C=O) groups is 1. The van der Waals surface area contributed by atoms with Crippen molar-refractivity contribution in [3.05, 3.63) is 78.0 Å². The second-order valence-electron chi connectivity index (χ2n) is 5.78. The van der Waals surface area contributed by atoms with Gasteiger partial charge in [0, 0.05) is 11.8 Å². The number of rotatable bonds is 6. The highest BCUT2D eigenvalue weighted by Crippen LogP contribution is 2.21. The van der Waals surface area contributed by atoms with Gasteiger partial charge in [-0.2, -0.15) is 0 Å². The average Bonchev–Trinajstić information content (AvgIpc) is 2.70. The fourth-order valence-electron chi connectivity index (χ4n) is 2.52. The van der Waals surface area contributed by atoms with E-state index in [0.717, 1.165) is 23.4 Å². The van der Waals surface area contributed by atoms with Gasteiger partial charge in [0.1, 0.15) is 11.5 Å². The highest BCUT2D eigenvalue weighted by atomic mass is 16.5. The summed E-state index contributed by atoms with van der Waals surface area (Å²) >= 11 is 0. The summed E-state index contributed by atoms with van der Waals surface area (Å²) in [7, 11) is 0. The molecule has 1 aromatic heterocycles. The van der Waals surface area contributed by atoms with E-state index in [1.807, 2.05) is 31.3 Å². The Morgan fingerprint density at radius 1 is 0.885 bits per heavy atom. The van der Waals surface area contributed by atoms with E-state index in [2.05, 4.69) is 18.0 Å². The summed E-state index contributed by atoms with van der Waals surface area (Å²) in [5, 5.41) is 0. The minimum atomic E-state index is -0.394. The zero-order valence-electron chi connectivity index (χ0n) is 14.9. The van der Waals surface area contributed by atoms with E-state index in [0.29, 0.717) is 17.9 Å². The summed E-state index contributed by atoms with van der Waals surface area (Å²) in [6.07, 6.45) is 2.84. The van der Waals surface area contributed by atoms with Crippen LogP contribution < -0.4 is 9.47 Å². The maximum atomic E-state index is 12.3. The van der Waals surface area contributed by atoms with E-state index in [-0.39, 0.29) is 0 Å². The molecule has 0 amide bonds. The number of aryl methyl sites for hydroxylation is 1. The molecule has 0 spiro atoms. The number of ether oxygens (including phenoxy) is 2. The minimum Gasteiger partial charge on any atom is -0.494 e. The van der Waals surface area contributed by atoms with Gasteiger partial charge < -0.3 is 9.47 Å².